The standard InChI is InChI=1S/C21H20N2O3/c1-15-19(20(24)26-14-17-10-6-3-7-11-17)18(23-21(25)22-15)13-12-16-8-4-2-5-9-16/h2-13,18H,14H2,1H3,(H2,22,23,25)/b13-12-/t18-/m1/s1. The van der Waals surface area contributed by atoms with E-state index in [4.69, 9.17) is 4.74 Å². The number of allylic oxidation sites excluding steroid dienone is 1. The zero-order valence-corrected chi connectivity index (χ0v) is 14.4. The molecule has 2 N–H and O–H groups in total. The average molecular weight is 348 g/mol. The highest BCUT2D eigenvalue weighted by atomic mass is 16.5. The summed E-state index contributed by atoms with van der Waals surface area (Å²) < 4.78 is 5.43. The molecule has 1 heterocycles. The van der Waals surface area contributed by atoms with Crippen LogP contribution in [0.3, 0.4) is 0 Å². The van der Waals surface area contributed by atoms with Gasteiger partial charge in [0.1, 0.15) is 6.61 Å². The summed E-state index contributed by atoms with van der Waals surface area (Å²) in [5.74, 6) is -0.457. The highest BCUT2D eigenvalue weighted by molar-refractivity contribution is 5.95. The molecule has 132 valence electrons. The molecule has 5 heteroatoms. The Labute approximate surface area is 152 Å². The number of benzene rings is 2. The molecule has 0 aromatic heterocycles. The first-order valence-electron chi connectivity index (χ1n) is 8.36. The number of amides is 2. The molecule has 1 aliphatic heterocycles. The van der Waals surface area contributed by atoms with Gasteiger partial charge in [0, 0.05) is 5.70 Å². The number of nitrogens with one attached hydrogen (secondary N) is 2. The predicted octanol–water partition coefficient (Wildman–Crippen LogP) is 3.40. The van der Waals surface area contributed by atoms with Gasteiger partial charge in [0.2, 0.25) is 0 Å². The van der Waals surface area contributed by atoms with Crippen LogP contribution >= 0.6 is 0 Å². The molecule has 3 rings (SSSR count). The number of ether oxygens (including phenoxy) is 1. The van der Waals surface area contributed by atoms with Crippen LogP contribution in [-0.4, -0.2) is 18.0 Å². The first-order chi connectivity index (χ1) is 12.6. The lowest BCUT2D eigenvalue weighted by Crippen LogP contribution is -2.49. The van der Waals surface area contributed by atoms with Crippen LogP contribution in [0, 0.1) is 0 Å². The smallest absolute Gasteiger partial charge is 0.338 e. The van der Waals surface area contributed by atoms with Crippen molar-refractivity contribution >= 4 is 18.1 Å². The summed E-state index contributed by atoms with van der Waals surface area (Å²) in [5.41, 5.74) is 2.78. The molecular weight excluding hydrogens is 328 g/mol. The Balaban J connectivity index is 1.76. The van der Waals surface area contributed by atoms with Crippen LogP contribution in [0.5, 0.6) is 0 Å². The molecule has 0 fully saturated rings. The molecular formula is C21H20N2O3. The van der Waals surface area contributed by atoms with E-state index < -0.39 is 12.0 Å². The second-order valence-electron chi connectivity index (χ2n) is 5.95. The summed E-state index contributed by atoms with van der Waals surface area (Å²) in [6.45, 7) is 1.88. The van der Waals surface area contributed by atoms with Crippen molar-refractivity contribution in [2.24, 2.45) is 0 Å². The van der Waals surface area contributed by atoms with Gasteiger partial charge in [-0.05, 0) is 18.1 Å². The van der Waals surface area contributed by atoms with Crippen molar-refractivity contribution in [3.8, 4) is 0 Å². The van der Waals surface area contributed by atoms with Gasteiger partial charge in [-0.2, -0.15) is 0 Å². The third-order valence-electron chi connectivity index (χ3n) is 4.02. The summed E-state index contributed by atoms with van der Waals surface area (Å²) >= 11 is 0. The van der Waals surface area contributed by atoms with Gasteiger partial charge in [-0.25, -0.2) is 9.59 Å². The number of urea groups is 1. The number of hydrogen-bond donors (Lipinski definition) is 2. The fraction of sp³-hybridized carbons (Fsp3) is 0.143. The predicted molar refractivity (Wildman–Crippen MR) is 99.9 cm³/mol. The maximum Gasteiger partial charge on any atom is 0.338 e. The van der Waals surface area contributed by atoms with Crippen molar-refractivity contribution in [2.45, 2.75) is 19.6 Å². The van der Waals surface area contributed by atoms with Gasteiger partial charge in [-0.1, -0.05) is 72.8 Å². The second kappa shape index (κ2) is 8.16. The van der Waals surface area contributed by atoms with E-state index in [0.29, 0.717) is 11.3 Å². The van der Waals surface area contributed by atoms with Crippen LogP contribution in [-0.2, 0) is 16.1 Å². The quantitative estimate of drug-likeness (QED) is 0.814. The molecule has 0 spiro atoms. The topological polar surface area (TPSA) is 67.4 Å². The summed E-state index contributed by atoms with van der Waals surface area (Å²) in [4.78, 5) is 24.4. The van der Waals surface area contributed by atoms with E-state index in [1.807, 2.05) is 66.7 Å². The minimum Gasteiger partial charge on any atom is -0.457 e. The average Bonchev–Trinajstić information content (AvgIpc) is 2.66. The van der Waals surface area contributed by atoms with Crippen LogP contribution in [0.4, 0.5) is 4.79 Å². The monoisotopic (exact) mass is 348 g/mol. The summed E-state index contributed by atoms with van der Waals surface area (Å²) in [6, 6.07) is 18.3. The van der Waals surface area contributed by atoms with Crippen molar-refractivity contribution < 1.29 is 14.3 Å². The van der Waals surface area contributed by atoms with Gasteiger partial charge in [0.05, 0.1) is 11.6 Å². The largest absolute Gasteiger partial charge is 0.457 e. The van der Waals surface area contributed by atoms with Crippen LogP contribution in [0.2, 0.25) is 0 Å². The van der Waals surface area contributed by atoms with Gasteiger partial charge in [-0.3, -0.25) is 0 Å². The van der Waals surface area contributed by atoms with Gasteiger partial charge in [0.25, 0.3) is 0 Å². The van der Waals surface area contributed by atoms with E-state index in [2.05, 4.69) is 10.6 Å². The van der Waals surface area contributed by atoms with E-state index in [1.54, 1.807) is 13.0 Å². The van der Waals surface area contributed by atoms with E-state index in [0.717, 1.165) is 11.1 Å². The molecule has 0 saturated carbocycles. The summed E-state index contributed by atoms with van der Waals surface area (Å²) in [6.07, 6.45) is 3.66. The Morgan fingerprint density at radius 2 is 1.73 bits per heavy atom. The molecule has 1 atom stereocenters. The number of esters is 1. The molecule has 0 aliphatic carbocycles. The molecule has 2 aromatic carbocycles. The lowest BCUT2D eigenvalue weighted by atomic mass is 10.0. The normalized spacial score (nSPS) is 17.0. The highest BCUT2D eigenvalue weighted by Gasteiger charge is 2.29. The van der Waals surface area contributed by atoms with Crippen LogP contribution < -0.4 is 10.6 Å². The van der Waals surface area contributed by atoms with Gasteiger partial charge < -0.3 is 15.4 Å². The lowest BCUT2D eigenvalue weighted by molar-refractivity contribution is -0.140. The van der Waals surface area contributed by atoms with Crippen molar-refractivity contribution in [2.75, 3.05) is 0 Å². The minimum absolute atomic E-state index is 0.180. The third-order valence-corrected chi connectivity index (χ3v) is 4.02. The maximum absolute atomic E-state index is 12.6. The molecule has 5 nitrogen and oxygen atoms in total. The van der Waals surface area contributed by atoms with Gasteiger partial charge in [-0.15, -0.1) is 0 Å². The van der Waals surface area contributed by atoms with Crippen LogP contribution in [0.1, 0.15) is 18.1 Å². The fourth-order valence-corrected chi connectivity index (χ4v) is 2.72. The summed E-state index contributed by atoms with van der Waals surface area (Å²) in [5, 5.41) is 5.38. The minimum atomic E-state index is -0.549. The molecule has 0 radical (unpaired) electrons. The van der Waals surface area contributed by atoms with Crippen LogP contribution in [0.15, 0.2) is 78.0 Å². The van der Waals surface area contributed by atoms with E-state index >= 15 is 0 Å². The number of carbonyl (C=O) groups is 2. The van der Waals surface area contributed by atoms with Crippen molar-refractivity contribution in [3.05, 3.63) is 89.1 Å². The maximum atomic E-state index is 12.6. The Morgan fingerprint density at radius 3 is 2.42 bits per heavy atom. The van der Waals surface area contributed by atoms with E-state index in [-0.39, 0.29) is 12.6 Å². The molecule has 26 heavy (non-hydrogen) atoms. The third kappa shape index (κ3) is 4.39. The van der Waals surface area contributed by atoms with E-state index in [9.17, 15) is 9.59 Å². The Kier molecular flexibility index (Phi) is 5.49. The Morgan fingerprint density at radius 1 is 1.08 bits per heavy atom. The molecule has 2 aromatic rings. The zero-order valence-electron chi connectivity index (χ0n) is 14.4. The lowest BCUT2D eigenvalue weighted by Gasteiger charge is -2.25. The molecule has 0 bridgehead atoms. The van der Waals surface area contributed by atoms with Gasteiger partial charge >= 0.3 is 12.0 Å². The second-order valence-corrected chi connectivity index (χ2v) is 5.95. The van der Waals surface area contributed by atoms with Crippen molar-refractivity contribution in [3.63, 3.8) is 0 Å². The Bertz CT molecular complexity index is 842. The molecule has 0 unspecified atom stereocenters. The first-order valence-corrected chi connectivity index (χ1v) is 8.36. The van der Waals surface area contributed by atoms with Gasteiger partial charge in [0.15, 0.2) is 0 Å². The fourth-order valence-electron chi connectivity index (χ4n) is 2.72. The SMILES string of the molecule is CC1=C(C(=O)OCc2ccccc2)[C@@H](/C=C\c2ccccc2)NC(=O)N1. The van der Waals surface area contributed by atoms with Crippen molar-refractivity contribution in [1.82, 2.24) is 10.6 Å². The van der Waals surface area contributed by atoms with E-state index in [1.165, 1.54) is 0 Å². The number of rotatable bonds is 5. The Hall–Kier alpha value is -3.34. The molecule has 0 saturated heterocycles. The first kappa shape index (κ1) is 17.5. The highest BCUT2D eigenvalue weighted by Crippen LogP contribution is 2.17. The zero-order chi connectivity index (χ0) is 18.4. The molecule has 1 aliphatic rings. The summed E-state index contributed by atoms with van der Waals surface area (Å²) in [7, 11) is 0. The number of carbonyl (C=O) groups excluding carboxylic acids is 2. The number of hydrogen-bond acceptors (Lipinski definition) is 3. The van der Waals surface area contributed by atoms with Crippen molar-refractivity contribution in [1.29, 1.82) is 0 Å². The van der Waals surface area contributed by atoms with Crippen LogP contribution in [0.25, 0.3) is 6.08 Å². The molecule has 2 amide bonds.